The maximum Gasteiger partial charge on any atom is 0.00171 e. The fourth-order valence-corrected chi connectivity index (χ4v) is 3.69. The molecule has 3 rings (SSSR count). The highest BCUT2D eigenvalue weighted by Gasteiger charge is 2.07. The molecule has 0 N–H and O–H groups in total. The molecule has 1 aromatic heterocycles. The van der Waals surface area contributed by atoms with E-state index < -0.39 is 0 Å². The maximum absolute atomic E-state index is 2.33. The van der Waals surface area contributed by atoms with Crippen molar-refractivity contribution in [3.63, 3.8) is 0 Å². The second-order valence-electron chi connectivity index (χ2n) is 4.47. The molecule has 1 heteroatoms. The van der Waals surface area contributed by atoms with E-state index in [-0.39, 0.29) is 0 Å². The lowest BCUT2D eigenvalue weighted by Crippen LogP contribution is -1.72. The minimum absolute atomic E-state index is 0.767. The molecule has 0 radical (unpaired) electrons. The number of aryl methyl sites for hydroxylation is 1. The summed E-state index contributed by atoms with van der Waals surface area (Å²) in [4.78, 5) is 0. The van der Waals surface area contributed by atoms with Crippen LogP contribution in [0.2, 0.25) is 0 Å². The van der Waals surface area contributed by atoms with Crippen molar-refractivity contribution in [2.75, 3.05) is 0 Å². The largest absolute Gasteiger partial charge is 0.123 e. The minimum Gasteiger partial charge on any atom is -0.123 e. The van der Waals surface area contributed by atoms with Crippen LogP contribution in [0.25, 0.3) is 21.7 Å². The molecule has 0 nitrogen and oxygen atoms in total. The summed E-state index contributed by atoms with van der Waals surface area (Å²) in [5.41, 5.74) is 4.11. The number of hydrogen-bond donors (Lipinski definition) is 0. The predicted molar refractivity (Wildman–Crippen MR) is 81.6 cm³/mol. The molecule has 0 aliphatic carbocycles. The van der Waals surface area contributed by atoms with E-state index in [1.165, 1.54) is 27.3 Å². The number of rotatable bonds is 2. The Bertz CT molecular complexity index is 636. The average Bonchev–Trinajstić information content (AvgIpc) is 2.83. The summed E-state index contributed by atoms with van der Waals surface area (Å²) in [6, 6.07) is 23.7. The van der Waals surface area contributed by atoms with Crippen LogP contribution in [-0.2, 0) is 0 Å². The van der Waals surface area contributed by atoms with Gasteiger partial charge in [-0.3, -0.25) is 0 Å². The van der Waals surface area contributed by atoms with E-state index in [0.29, 0.717) is 0 Å². The molecule has 0 saturated carbocycles. The van der Waals surface area contributed by atoms with E-state index >= 15 is 0 Å². The second-order valence-corrected chi connectivity index (χ2v) is 5.76. The van der Waals surface area contributed by atoms with Gasteiger partial charge in [0, 0.05) is 5.30 Å². The molecule has 0 bridgehead atoms. The van der Waals surface area contributed by atoms with Gasteiger partial charge in [0.2, 0.25) is 0 Å². The Morgan fingerprint density at radius 3 is 1.89 bits per heavy atom. The van der Waals surface area contributed by atoms with Crippen molar-refractivity contribution >= 4 is 8.19 Å². The average molecular weight is 250 g/mol. The molecule has 1 unspecified atom stereocenters. The van der Waals surface area contributed by atoms with Crippen molar-refractivity contribution in [1.29, 1.82) is 0 Å². The lowest BCUT2D eigenvalue weighted by atomic mass is 10.1. The van der Waals surface area contributed by atoms with Crippen LogP contribution in [0.15, 0.2) is 66.7 Å². The summed E-state index contributed by atoms with van der Waals surface area (Å²) in [7, 11) is 0.767. The number of hydrogen-bond acceptors (Lipinski definition) is 0. The zero-order chi connectivity index (χ0) is 12.4. The highest BCUT2D eigenvalue weighted by atomic mass is 31.0. The van der Waals surface area contributed by atoms with Gasteiger partial charge in [0.05, 0.1) is 0 Å². The van der Waals surface area contributed by atoms with Crippen molar-refractivity contribution in [1.82, 2.24) is 0 Å². The van der Waals surface area contributed by atoms with Gasteiger partial charge in [-0.25, -0.2) is 0 Å². The van der Waals surface area contributed by atoms with Gasteiger partial charge in [-0.05, 0) is 35.0 Å². The third kappa shape index (κ3) is 2.12. The molecule has 18 heavy (non-hydrogen) atoms. The third-order valence-corrected chi connectivity index (χ3v) is 4.80. The van der Waals surface area contributed by atoms with Crippen molar-refractivity contribution in [2.45, 2.75) is 6.92 Å². The van der Waals surface area contributed by atoms with Crippen LogP contribution >= 0.6 is 8.19 Å². The molecule has 0 fully saturated rings. The fraction of sp³-hybridized carbons (Fsp3) is 0.0588. The van der Waals surface area contributed by atoms with E-state index in [9.17, 15) is 0 Å². The van der Waals surface area contributed by atoms with Crippen LogP contribution in [0.5, 0.6) is 0 Å². The Morgan fingerprint density at radius 2 is 1.28 bits per heavy atom. The summed E-state index contributed by atoms with van der Waals surface area (Å²) in [5.74, 6) is 0. The first-order valence-electron chi connectivity index (χ1n) is 6.15. The van der Waals surface area contributed by atoms with Gasteiger partial charge in [-0.2, -0.15) is 0 Å². The van der Waals surface area contributed by atoms with E-state index in [1.54, 1.807) is 0 Å². The van der Waals surface area contributed by atoms with Crippen LogP contribution in [-0.4, -0.2) is 0 Å². The maximum atomic E-state index is 2.33. The van der Waals surface area contributed by atoms with E-state index in [4.69, 9.17) is 0 Å². The lowest BCUT2D eigenvalue weighted by molar-refractivity contribution is 1.53. The van der Waals surface area contributed by atoms with Crippen LogP contribution in [0.3, 0.4) is 0 Å². The summed E-state index contributed by atoms with van der Waals surface area (Å²) >= 11 is 0. The van der Waals surface area contributed by atoms with E-state index in [1.807, 2.05) is 0 Å². The van der Waals surface area contributed by atoms with Crippen LogP contribution in [0.1, 0.15) is 5.56 Å². The van der Waals surface area contributed by atoms with Gasteiger partial charge in [-0.15, -0.1) is 8.19 Å². The first kappa shape index (κ1) is 11.3. The molecule has 2 aromatic carbocycles. The van der Waals surface area contributed by atoms with Crippen molar-refractivity contribution in [3.05, 3.63) is 72.3 Å². The molecule has 0 aliphatic rings. The Morgan fingerprint density at radius 1 is 0.722 bits per heavy atom. The number of benzene rings is 2. The van der Waals surface area contributed by atoms with Gasteiger partial charge >= 0.3 is 0 Å². The molecular weight excluding hydrogens is 235 g/mol. The van der Waals surface area contributed by atoms with E-state index in [0.717, 1.165) is 8.19 Å². The molecule has 0 spiro atoms. The predicted octanol–water partition coefficient (Wildman–Crippen LogP) is 5.36. The van der Waals surface area contributed by atoms with Crippen molar-refractivity contribution < 1.29 is 0 Å². The Labute approximate surface area is 109 Å². The molecule has 88 valence electrons. The molecule has 3 aromatic rings. The van der Waals surface area contributed by atoms with Crippen LogP contribution in [0.4, 0.5) is 0 Å². The van der Waals surface area contributed by atoms with E-state index in [2.05, 4.69) is 73.7 Å². The summed E-state index contributed by atoms with van der Waals surface area (Å²) in [5, 5.41) is 2.93. The first-order chi connectivity index (χ1) is 8.84. The summed E-state index contributed by atoms with van der Waals surface area (Å²) in [6.07, 6.45) is 0. The Balaban J connectivity index is 2.07. The highest BCUT2D eigenvalue weighted by molar-refractivity contribution is 7.38. The smallest absolute Gasteiger partial charge is 0.00171 e. The zero-order valence-corrected chi connectivity index (χ0v) is 11.4. The molecule has 0 amide bonds. The third-order valence-electron chi connectivity index (χ3n) is 3.16. The van der Waals surface area contributed by atoms with Crippen molar-refractivity contribution in [3.8, 4) is 21.7 Å². The second kappa shape index (κ2) is 4.84. The summed E-state index contributed by atoms with van der Waals surface area (Å²) < 4.78 is 0. The summed E-state index contributed by atoms with van der Waals surface area (Å²) in [6.45, 7) is 2.21. The SMILES string of the molecule is Cc1cc(-c2ccccc2)[pH]c1-c1ccccc1. The standard InChI is InChI=1S/C17H15P/c1-13-12-16(14-8-4-2-5-9-14)18-17(13)15-10-6-3-7-11-15/h2-12,18H,1H3. The normalized spacial score (nSPS) is 10.9. The van der Waals surface area contributed by atoms with Gasteiger partial charge in [0.1, 0.15) is 0 Å². The quantitative estimate of drug-likeness (QED) is 0.574. The first-order valence-corrected chi connectivity index (χ1v) is 7.15. The Hall–Kier alpha value is -1.78. The lowest BCUT2D eigenvalue weighted by Gasteiger charge is -1.99. The molecular formula is C17H15P. The van der Waals surface area contributed by atoms with Gasteiger partial charge < -0.3 is 0 Å². The van der Waals surface area contributed by atoms with Crippen LogP contribution in [0, 0.1) is 6.92 Å². The van der Waals surface area contributed by atoms with Crippen molar-refractivity contribution in [2.24, 2.45) is 0 Å². The monoisotopic (exact) mass is 250 g/mol. The topological polar surface area (TPSA) is 0 Å². The molecule has 1 atom stereocenters. The zero-order valence-electron chi connectivity index (χ0n) is 10.4. The fourth-order valence-electron chi connectivity index (χ4n) is 2.24. The molecule has 1 heterocycles. The molecule has 0 saturated heterocycles. The van der Waals surface area contributed by atoms with Crippen LogP contribution < -0.4 is 0 Å². The van der Waals surface area contributed by atoms with Gasteiger partial charge in [0.25, 0.3) is 0 Å². The molecule has 0 aliphatic heterocycles. The highest BCUT2D eigenvalue weighted by Crippen LogP contribution is 2.41. The van der Waals surface area contributed by atoms with Gasteiger partial charge in [0.15, 0.2) is 0 Å². The Kier molecular flexibility index (Phi) is 3.04. The van der Waals surface area contributed by atoms with Gasteiger partial charge in [-0.1, -0.05) is 60.7 Å². The minimum atomic E-state index is 0.767.